The van der Waals surface area contributed by atoms with Gasteiger partial charge in [0.1, 0.15) is 17.4 Å². The van der Waals surface area contributed by atoms with E-state index in [0.29, 0.717) is 38.0 Å². The second kappa shape index (κ2) is 10.1. The summed E-state index contributed by atoms with van der Waals surface area (Å²) in [6.45, 7) is 0. The fraction of sp³-hybridized carbons (Fsp3) is 0.136. The summed E-state index contributed by atoms with van der Waals surface area (Å²) in [5, 5.41) is 3.35. The highest BCUT2D eigenvalue weighted by Crippen LogP contribution is 2.40. The van der Waals surface area contributed by atoms with Gasteiger partial charge in [-0.1, -0.05) is 64.6 Å². The molecule has 0 amide bonds. The third-order valence-electron chi connectivity index (χ3n) is 4.31. The monoisotopic (exact) mass is 485 g/mol. The third kappa shape index (κ3) is 5.20. The smallest absolute Gasteiger partial charge is 0.195 e. The molecule has 0 spiro atoms. The van der Waals surface area contributed by atoms with E-state index in [1.54, 1.807) is 14.2 Å². The summed E-state index contributed by atoms with van der Waals surface area (Å²) in [6, 6.07) is 11.2. The number of hydrogen-bond donors (Lipinski definition) is 0. The summed E-state index contributed by atoms with van der Waals surface area (Å²) < 4.78 is 11.0. The molecule has 0 fully saturated rings. The Kier molecular flexibility index (Phi) is 7.73. The lowest BCUT2D eigenvalue weighted by atomic mass is 10.1. The summed E-state index contributed by atoms with van der Waals surface area (Å²) in [6.07, 6.45) is 4.57. The van der Waals surface area contributed by atoms with Crippen molar-refractivity contribution < 1.29 is 9.47 Å². The predicted molar refractivity (Wildman–Crippen MR) is 128 cm³/mol. The van der Waals surface area contributed by atoms with Crippen LogP contribution in [0.1, 0.15) is 12.0 Å². The number of benzene rings is 2. The van der Waals surface area contributed by atoms with Gasteiger partial charge in [-0.2, -0.15) is 0 Å². The summed E-state index contributed by atoms with van der Waals surface area (Å²) in [7, 11) is 2.17. The summed E-state index contributed by atoms with van der Waals surface area (Å²) in [4.78, 5) is 0. The van der Waals surface area contributed by atoms with Crippen LogP contribution in [0.4, 0.5) is 0 Å². The molecule has 7 heteroatoms. The molecular formula is C22H18Cl4O2P+. The maximum atomic E-state index is 6.46. The van der Waals surface area contributed by atoms with Crippen molar-refractivity contribution in [3.8, 4) is 11.5 Å². The van der Waals surface area contributed by atoms with Gasteiger partial charge in [0.05, 0.1) is 35.4 Å². The fourth-order valence-corrected chi connectivity index (χ4v) is 6.28. The Morgan fingerprint density at radius 1 is 0.897 bits per heavy atom. The Bertz CT molecular complexity index is 1010. The lowest BCUT2D eigenvalue weighted by molar-refractivity contribution is 0.396. The molecule has 0 saturated carbocycles. The van der Waals surface area contributed by atoms with Crippen LogP contribution in [0.5, 0.6) is 11.5 Å². The SMILES string of the molecule is COc1ccc([P+](C=C2C(Cl)=CCC=C2Cl)=Cc2c(Cl)cccc2Cl)c(OC)c1. The van der Waals surface area contributed by atoms with Crippen molar-refractivity contribution in [1.82, 2.24) is 0 Å². The van der Waals surface area contributed by atoms with Gasteiger partial charge in [-0.15, -0.1) is 0 Å². The van der Waals surface area contributed by atoms with E-state index in [4.69, 9.17) is 55.9 Å². The Morgan fingerprint density at radius 2 is 1.55 bits per heavy atom. The van der Waals surface area contributed by atoms with Gasteiger partial charge in [-0.05, 0) is 30.7 Å². The second-order valence-corrected chi connectivity index (χ2v) is 9.53. The first-order chi connectivity index (χ1) is 13.9. The molecule has 150 valence electrons. The zero-order chi connectivity index (χ0) is 21.0. The first-order valence-electron chi connectivity index (χ1n) is 8.67. The zero-order valence-electron chi connectivity index (χ0n) is 15.8. The van der Waals surface area contributed by atoms with Crippen LogP contribution < -0.4 is 14.8 Å². The van der Waals surface area contributed by atoms with Gasteiger partial charge in [-0.3, -0.25) is 0 Å². The molecule has 0 radical (unpaired) electrons. The summed E-state index contributed by atoms with van der Waals surface area (Å²) >= 11 is 25.8. The van der Waals surface area contributed by atoms with Crippen molar-refractivity contribution in [3.05, 3.63) is 85.6 Å². The van der Waals surface area contributed by atoms with E-state index in [1.807, 2.05) is 54.3 Å². The van der Waals surface area contributed by atoms with Crippen molar-refractivity contribution in [1.29, 1.82) is 0 Å². The van der Waals surface area contributed by atoms with E-state index < -0.39 is 7.55 Å². The minimum absolute atomic E-state index is 0.572. The highest BCUT2D eigenvalue weighted by atomic mass is 35.5. The van der Waals surface area contributed by atoms with E-state index in [9.17, 15) is 0 Å². The molecule has 1 unspecified atom stereocenters. The summed E-state index contributed by atoms with van der Waals surface area (Å²) in [5.41, 5.74) is 1.54. The molecule has 0 saturated heterocycles. The average molecular weight is 487 g/mol. The molecule has 0 heterocycles. The Balaban J connectivity index is 2.26. The van der Waals surface area contributed by atoms with E-state index in [-0.39, 0.29) is 0 Å². The van der Waals surface area contributed by atoms with E-state index in [2.05, 4.69) is 5.82 Å². The van der Waals surface area contributed by atoms with E-state index >= 15 is 0 Å². The van der Waals surface area contributed by atoms with Crippen LogP contribution in [0.2, 0.25) is 10.0 Å². The standard InChI is InChI=1S/C22H18Cl4O2P/c1-27-14-9-10-22(21(11-14)28-2)29(12-15-17(23)5-3-6-18(15)24)13-16-19(25)7-4-8-20(16)26/h3,5-13H,4H2,1-2H3/q+1. The molecule has 2 aromatic carbocycles. The van der Waals surface area contributed by atoms with Crippen molar-refractivity contribution in [3.63, 3.8) is 0 Å². The van der Waals surface area contributed by atoms with Gasteiger partial charge in [0.2, 0.25) is 0 Å². The first kappa shape index (κ1) is 22.3. The predicted octanol–water partition coefficient (Wildman–Crippen LogP) is 7.50. The third-order valence-corrected chi connectivity index (χ3v) is 7.68. The number of methoxy groups -OCH3 is 2. The van der Waals surface area contributed by atoms with Crippen LogP contribution in [0.15, 0.2) is 70.0 Å². The number of allylic oxidation sites excluding steroid dienone is 5. The minimum Gasteiger partial charge on any atom is -0.497 e. The lowest BCUT2D eigenvalue weighted by Crippen LogP contribution is -2.05. The van der Waals surface area contributed by atoms with Crippen LogP contribution in [-0.2, 0) is 0 Å². The van der Waals surface area contributed by atoms with Gasteiger partial charge in [0, 0.05) is 16.1 Å². The largest absolute Gasteiger partial charge is 0.497 e. The van der Waals surface area contributed by atoms with Gasteiger partial charge in [0.25, 0.3) is 0 Å². The van der Waals surface area contributed by atoms with Crippen molar-refractivity contribution in [2.45, 2.75) is 6.42 Å². The van der Waals surface area contributed by atoms with Gasteiger partial charge in [0.15, 0.2) is 18.6 Å². The number of ether oxygens (including phenoxy) is 2. The molecule has 1 atom stereocenters. The number of halogens is 4. The van der Waals surface area contributed by atoms with Gasteiger partial charge >= 0.3 is 0 Å². The second-order valence-electron chi connectivity index (χ2n) is 6.09. The highest BCUT2D eigenvalue weighted by Gasteiger charge is 2.24. The average Bonchev–Trinajstić information content (AvgIpc) is 2.71. The Hall–Kier alpha value is -1.41. The van der Waals surface area contributed by atoms with Crippen LogP contribution in [-0.4, -0.2) is 20.0 Å². The molecule has 0 bridgehead atoms. The molecule has 2 aromatic rings. The molecule has 29 heavy (non-hydrogen) atoms. The van der Waals surface area contributed by atoms with Crippen LogP contribution in [0.3, 0.4) is 0 Å². The zero-order valence-corrected chi connectivity index (χ0v) is 19.7. The minimum atomic E-state index is -1.07. The quantitative estimate of drug-likeness (QED) is 0.407. The normalized spacial score (nSPS) is 14.3. The molecule has 1 aliphatic rings. The lowest BCUT2D eigenvalue weighted by Gasteiger charge is -2.09. The maximum absolute atomic E-state index is 6.46. The highest BCUT2D eigenvalue weighted by molar-refractivity contribution is 7.68. The molecular weight excluding hydrogens is 469 g/mol. The molecule has 1 aliphatic carbocycles. The van der Waals surface area contributed by atoms with Crippen molar-refractivity contribution >= 4 is 65.0 Å². The first-order valence-corrected chi connectivity index (χ1v) is 11.7. The van der Waals surface area contributed by atoms with Crippen molar-refractivity contribution in [2.24, 2.45) is 0 Å². The molecule has 0 aromatic heterocycles. The Labute approximate surface area is 191 Å². The van der Waals surface area contributed by atoms with E-state index in [1.165, 1.54) is 0 Å². The molecule has 0 N–H and O–H groups in total. The van der Waals surface area contributed by atoms with E-state index in [0.717, 1.165) is 16.4 Å². The molecule has 2 nitrogen and oxygen atoms in total. The van der Waals surface area contributed by atoms with Gasteiger partial charge in [-0.25, -0.2) is 0 Å². The Morgan fingerprint density at radius 3 is 2.14 bits per heavy atom. The van der Waals surface area contributed by atoms with Crippen molar-refractivity contribution in [2.75, 3.05) is 14.2 Å². The van der Waals surface area contributed by atoms with Gasteiger partial charge < -0.3 is 9.47 Å². The summed E-state index contributed by atoms with van der Waals surface area (Å²) in [5.74, 6) is 5.50. The number of hydrogen-bond acceptors (Lipinski definition) is 2. The molecule has 3 rings (SSSR count). The van der Waals surface area contributed by atoms with Crippen LogP contribution >= 0.6 is 53.9 Å². The van der Waals surface area contributed by atoms with Crippen LogP contribution in [0, 0.1) is 0 Å². The van der Waals surface area contributed by atoms with Crippen LogP contribution in [0.25, 0.3) is 0 Å². The molecule has 0 aliphatic heterocycles. The number of rotatable bonds is 5. The maximum Gasteiger partial charge on any atom is 0.195 e. The fourth-order valence-electron chi connectivity index (χ4n) is 2.81. The topological polar surface area (TPSA) is 18.5 Å².